The lowest BCUT2D eigenvalue weighted by Crippen LogP contribution is -1.97. The number of benzene rings is 2. The monoisotopic (exact) mass is 424 g/mol. The minimum Gasteiger partial charge on any atom is -0.224 e. The van der Waals surface area contributed by atoms with Crippen LogP contribution in [0.25, 0.3) is 11.1 Å². The van der Waals surface area contributed by atoms with Crippen molar-refractivity contribution in [2.45, 2.75) is 24.2 Å². The lowest BCUT2D eigenvalue weighted by atomic mass is 9.97. The summed E-state index contributed by atoms with van der Waals surface area (Å²) in [5.41, 5.74) is 5.16. The second-order valence-electron chi connectivity index (χ2n) is 5.61. The van der Waals surface area contributed by atoms with E-state index in [4.69, 9.17) is 0 Å². The fourth-order valence-corrected chi connectivity index (χ4v) is 3.93. The highest BCUT2D eigenvalue weighted by Gasteiger charge is 2.18. The van der Waals surface area contributed by atoms with Gasteiger partial charge in [-0.25, -0.2) is 8.42 Å². The van der Waals surface area contributed by atoms with Crippen molar-refractivity contribution < 1.29 is 8.42 Å². The Morgan fingerprint density at radius 3 is 1.73 bits per heavy atom. The largest absolute Gasteiger partial charge is 0.224 e. The van der Waals surface area contributed by atoms with Crippen molar-refractivity contribution in [3.05, 3.63) is 63.2 Å². The van der Waals surface area contributed by atoms with E-state index in [0.717, 1.165) is 24.8 Å². The zero-order chi connectivity index (χ0) is 15.7. The first-order valence-electron chi connectivity index (χ1n) is 7.23. The standard InChI is InChI=1S/C18H17IO2S/c1-22(20,21)16-11-7-14(8-12-16)18-4-2-3-17(18)13-5-9-15(19)10-6-13/h5-12H,2-4H2,1H3. The zero-order valence-corrected chi connectivity index (χ0v) is 15.3. The van der Waals surface area contributed by atoms with Crippen LogP contribution in [0.15, 0.2) is 53.4 Å². The molecule has 0 aliphatic heterocycles. The molecule has 1 aliphatic carbocycles. The van der Waals surface area contributed by atoms with Crippen LogP contribution in [0.1, 0.15) is 30.4 Å². The number of halogens is 1. The molecule has 0 spiro atoms. The number of rotatable bonds is 3. The topological polar surface area (TPSA) is 34.1 Å². The molecule has 0 radical (unpaired) electrons. The SMILES string of the molecule is CS(=O)(=O)c1ccc(C2=C(c3ccc(I)cc3)CCC2)cc1. The molecule has 0 bridgehead atoms. The summed E-state index contributed by atoms with van der Waals surface area (Å²) in [5, 5.41) is 0. The van der Waals surface area contributed by atoms with Crippen LogP contribution in [0.4, 0.5) is 0 Å². The molecular weight excluding hydrogens is 407 g/mol. The van der Waals surface area contributed by atoms with Gasteiger partial charge in [0, 0.05) is 9.83 Å². The molecule has 0 atom stereocenters. The Hall–Kier alpha value is -1.14. The maximum atomic E-state index is 11.6. The summed E-state index contributed by atoms with van der Waals surface area (Å²) in [6.07, 6.45) is 4.54. The van der Waals surface area contributed by atoms with Gasteiger partial charge in [-0.05, 0) is 88.4 Å². The first-order valence-corrected chi connectivity index (χ1v) is 10.2. The van der Waals surface area contributed by atoms with Crippen molar-refractivity contribution in [2.24, 2.45) is 0 Å². The minimum absolute atomic E-state index is 0.380. The summed E-state index contributed by atoms with van der Waals surface area (Å²) in [7, 11) is -3.13. The van der Waals surface area contributed by atoms with Gasteiger partial charge < -0.3 is 0 Å². The van der Waals surface area contributed by atoms with Crippen molar-refractivity contribution in [2.75, 3.05) is 6.26 Å². The van der Waals surface area contributed by atoms with Crippen LogP contribution in [0.3, 0.4) is 0 Å². The molecule has 1 aliphatic rings. The molecule has 22 heavy (non-hydrogen) atoms. The third-order valence-corrected chi connectivity index (χ3v) is 5.89. The molecule has 0 aromatic heterocycles. The molecule has 0 fully saturated rings. The third-order valence-electron chi connectivity index (χ3n) is 4.04. The van der Waals surface area contributed by atoms with Gasteiger partial charge in [0.25, 0.3) is 0 Å². The second kappa shape index (κ2) is 6.16. The Morgan fingerprint density at radius 1 is 0.818 bits per heavy atom. The molecule has 2 nitrogen and oxygen atoms in total. The van der Waals surface area contributed by atoms with E-state index in [2.05, 4.69) is 46.9 Å². The molecule has 0 saturated heterocycles. The summed E-state index contributed by atoms with van der Waals surface area (Å²) in [6.45, 7) is 0. The molecule has 3 rings (SSSR count). The summed E-state index contributed by atoms with van der Waals surface area (Å²) in [4.78, 5) is 0.380. The fourth-order valence-electron chi connectivity index (χ4n) is 2.94. The molecular formula is C18H17IO2S. The molecule has 0 unspecified atom stereocenters. The van der Waals surface area contributed by atoms with E-state index in [1.165, 1.54) is 26.5 Å². The molecule has 4 heteroatoms. The Morgan fingerprint density at radius 2 is 1.27 bits per heavy atom. The predicted molar refractivity (Wildman–Crippen MR) is 99.4 cm³/mol. The highest BCUT2D eigenvalue weighted by atomic mass is 127. The van der Waals surface area contributed by atoms with Crippen molar-refractivity contribution in [1.82, 2.24) is 0 Å². The molecule has 0 amide bonds. The summed E-state index contributed by atoms with van der Waals surface area (Å²) >= 11 is 2.31. The lowest BCUT2D eigenvalue weighted by Gasteiger charge is -2.09. The van der Waals surface area contributed by atoms with Gasteiger partial charge in [0.15, 0.2) is 9.84 Å². The quantitative estimate of drug-likeness (QED) is 0.665. The van der Waals surface area contributed by atoms with Crippen molar-refractivity contribution in [3.8, 4) is 0 Å². The van der Waals surface area contributed by atoms with Crippen molar-refractivity contribution in [1.29, 1.82) is 0 Å². The van der Waals surface area contributed by atoms with Gasteiger partial charge in [0.1, 0.15) is 0 Å². The Labute approximate surface area is 145 Å². The number of hydrogen-bond acceptors (Lipinski definition) is 2. The van der Waals surface area contributed by atoms with E-state index in [-0.39, 0.29) is 0 Å². The highest BCUT2D eigenvalue weighted by molar-refractivity contribution is 14.1. The van der Waals surface area contributed by atoms with E-state index >= 15 is 0 Å². The second-order valence-corrected chi connectivity index (χ2v) is 8.88. The van der Waals surface area contributed by atoms with Crippen LogP contribution in [0.2, 0.25) is 0 Å². The lowest BCUT2D eigenvalue weighted by molar-refractivity contribution is 0.602. The highest BCUT2D eigenvalue weighted by Crippen LogP contribution is 2.39. The molecule has 0 saturated carbocycles. The smallest absolute Gasteiger partial charge is 0.175 e. The number of hydrogen-bond donors (Lipinski definition) is 0. The summed E-state index contributed by atoms with van der Waals surface area (Å²) < 4.78 is 24.4. The van der Waals surface area contributed by atoms with Gasteiger partial charge in [-0.15, -0.1) is 0 Å². The van der Waals surface area contributed by atoms with Gasteiger partial charge in [-0.3, -0.25) is 0 Å². The van der Waals surface area contributed by atoms with Crippen LogP contribution >= 0.6 is 22.6 Å². The van der Waals surface area contributed by atoms with Gasteiger partial charge in [-0.2, -0.15) is 0 Å². The van der Waals surface area contributed by atoms with E-state index in [0.29, 0.717) is 4.90 Å². The number of sulfone groups is 1. The summed E-state index contributed by atoms with van der Waals surface area (Å²) in [5.74, 6) is 0. The molecule has 2 aromatic carbocycles. The molecule has 2 aromatic rings. The summed E-state index contributed by atoms with van der Waals surface area (Å²) in [6, 6.07) is 15.9. The van der Waals surface area contributed by atoms with Gasteiger partial charge in [0.2, 0.25) is 0 Å². The Bertz CT molecular complexity index is 816. The predicted octanol–water partition coefficient (Wildman–Crippen LogP) is 4.79. The Kier molecular flexibility index (Phi) is 4.41. The van der Waals surface area contributed by atoms with Gasteiger partial charge >= 0.3 is 0 Å². The minimum atomic E-state index is -3.13. The first-order chi connectivity index (χ1) is 10.4. The van der Waals surface area contributed by atoms with Gasteiger partial charge in [0.05, 0.1) is 4.90 Å². The van der Waals surface area contributed by atoms with Crippen LogP contribution < -0.4 is 0 Å². The van der Waals surface area contributed by atoms with E-state index < -0.39 is 9.84 Å². The third kappa shape index (κ3) is 3.27. The van der Waals surface area contributed by atoms with E-state index in [1.54, 1.807) is 12.1 Å². The Balaban J connectivity index is 2.01. The maximum absolute atomic E-state index is 11.6. The van der Waals surface area contributed by atoms with Crippen LogP contribution in [-0.2, 0) is 9.84 Å². The normalized spacial score (nSPS) is 15.4. The van der Waals surface area contributed by atoms with Crippen LogP contribution in [0, 0.1) is 3.57 Å². The van der Waals surface area contributed by atoms with Gasteiger partial charge in [-0.1, -0.05) is 24.3 Å². The average molecular weight is 424 g/mol. The van der Waals surface area contributed by atoms with Crippen molar-refractivity contribution >= 4 is 43.6 Å². The van der Waals surface area contributed by atoms with E-state index in [1.807, 2.05) is 12.1 Å². The maximum Gasteiger partial charge on any atom is 0.175 e. The molecule has 114 valence electrons. The molecule has 0 heterocycles. The first kappa shape index (κ1) is 15.7. The van der Waals surface area contributed by atoms with Crippen molar-refractivity contribution in [3.63, 3.8) is 0 Å². The zero-order valence-electron chi connectivity index (χ0n) is 12.3. The van der Waals surface area contributed by atoms with E-state index in [9.17, 15) is 8.42 Å². The average Bonchev–Trinajstić information content (AvgIpc) is 2.97. The van der Waals surface area contributed by atoms with Crippen LogP contribution in [0.5, 0.6) is 0 Å². The fraction of sp³-hybridized carbons (Fsp3) is 0.222. The van der Waals surface area contributed by atoms with Crippen LogP contribution in [-0.4, -0.2) is 14.7 Å². The number of allylic oxidation sites excluding steroid dienone is 2. The molecule has 0 N–H and O–H groups in total.